The smallest absolute Gasteiger partial charge is 0.251 e. The zero-order valence-electron chi connectivity index (χ0n) is 24.9. The molecule has 0 heterocycles. The number of carbonyl (C=O) groups excluding carboxylic acids is 2. The van der Waals surface area contributed by atoms with Gasteiger partial charge in [0.05, 0.1) is 0 Å². The van der Waals surface area contributed by atoms with Gasteiger partial charge in [0.25, 0.3) is 11.8 Å². The summed E-state index contributed by atoms with van der Waals surface area (Å²) in [5.41, 5.74) is 17.0. The predicted octanol–water partition coefficient (Wildman–Crippen LogP) is 3.01. The summed E-state index contributed by atoms with van der Waals surface area (Å²) >= 11 is 0. The van der Waals surface area contributed by atoms with E-state index in [-0.39, 0.29) is 11.8 Å². The Morgan fingerprint density at radius 2 is 1.07 bits per heavy atom. The molecule has 0 unspecified atom stereocenters. The predicted molar refractivity (Wildman–Crippen MR) is 171 cm³/mol. The summed E-state index contributed by atoms with van der Waals surface area (Å²) in [5.74, 6) is 12.1. The van der Waals surface area contributed by atoms with Crippen LogP contribution in [0.4, 0.5) is 11.4 Å². The Bertz CT molecular complexity index is 1410. The summed E-state index contributed by atoms with van der Waals surface area (Å²) in [6.07, 6.45) is 1.73. The first-order valence-corrected chi connectivity index (χ1v) is 13.9. The van der Waals surface area contributed by atoms with Crippen LogP contribution >= 0.6 is 0 Å². The highest BCUT2D eigenvalue weighted by Crippen LogP contribution is 2.15. The molecule has 3 rings (SSSR count). The number of hydrogen-bond donors (Lipinski definition) is 4. The molecule has 0 fully saturated rings. The van der Waals surface area contributed by atoms with Crippen molar-refractivity contribution in [1.82, 2.24) is 20.4 Å². The van der Waals surface area contributed by atoms with E-state index in [1.165, 1.54) is 0 Å². The Hall–Kier alpha value is -4.76. The molecule has 0 aliphatic heterocycles. The first-order valence-electron chi connectivity index (χ1n) is 13.9. The van der Waals surface area contributed by atoms with E-state index in [4.69, 9.17) is 11.5 Å². The van der Waals surface area contributed by atoms with E-state index in [1.807, 2.05) is 52.5 Å². The van der Waals surface area contributed by atoms with E-state index in [0.29, 0.717) is 46.7 Å². The third-order valence-corrected chi connectivity index (χ3v) is 6.31. The normalized spacial score (nSPS) is 10.4. The van der Waals surface area contributed by atoms with Gasteiger partial charge in [0.1, 0.15) is 0 Å². The van der Waals surface area contributed by atoms with Gasteiger partial charge in [-0.1, -0.05) is 29.7 Å². The van der Waals surface area contributed by atoms with Gasteiger partial charge in [-0.3, -0.25) is 9.59 Å². The zero-order valence-corrected chi connectivity index (χ0v) is 24.9. The topological polar surface area (TPSA) is 117 Å². The van der Waals surface area contributed by atoms with Crippen LogP contribution in [0, 0.1) is 23.7 Å². The van der Waals surface area contributed by atoms with Crippen molar-refractivity contribution in [1.29, 1.82) is 0 Å². The molecule has 2 amide bonds. The molecule has 3 aromatic rings. The van der Waals surface area contributed by atoms with E-state index < -0.39 is 0 Å². The number of nitrogens with one attached hydrogen (secondary N) is 2. The fourth-order valence-electron chi connectivity index (χ4n) is 3.96. The molecule has 0 saturated heterocycles. The van der Waals surface area contributed by atoms with Crippen LogP contribution in [0.15, 0.2) is 60.7 Å². The van der Waals surface area contributed by atoms with Gasteiger partial charge < -0.3 is 31.9 Å². The molecule has 8 heteroatoms. The van der Waals surface area contributed by atoms with E-state index >= 15 is 0 Å². The van der Waals surface area contributed by atoms with Crippen molar-refractivity contribution in [2.24, 2.45) is 0 Å². The van der Waals surface area contributed by atoms with Crippen molar-refractivity contribution >= 4 is 23.2 Å². The van der Waals surface area contributed by atoms with Crippen LogP contribution in [0.25, 0.3) is 0 Å². The molecular formula is C34H40N6O2. The third-order valence-electron chi connectivity index (χ3n) is 6.31. The molecule has 8 nitrogen and oxygen atoms in total. The highest BCUT2D eigenvalue weighted by atomic mass is 16.2. The van der Waals surface area contributed by atoms with Crippen molar-refractivity contribution in [2.75, 3.05) is 65.8 Å². The minimum absolute atomic E-state index is 0.153. The number of nitrogens with two attached hydrogens (primary N) is 2. The lowest BCUT2D eigenvalue weighted by atomic mass is 10.1. The molecule has 42 heavy (non-hydrogen) atoms. The quantitative estimate of drug-likeness (QED) is 0.171. The van der Waals surface area contributed by atoms with E-state index in [9.17, 15) is 9.59 Å². The van der Waals surface area contributed by atoms with Crippen LogP contribution in [0.3, 0.4) is 0 Å². The second-order valence-corrected chi connectivity index (χ2v) is 10.5. The number of rotatable bonds is 10. The lowest BCUT2D eigenvalue weighted by Crippen LogP contribution is -2.27. The number of anilines is 2. The van der Waals surface area contributed by atoms with Crippen LogP contribution in [0.1, 0.15) is 55.8 Å². The molecule has 6 N–H and O–H groups in total. The maximum absolute atomic E-state index is 12.6. The molecule has 0 spiro atoms. The minimum Gasteiger partial charge on any atom is -0.398 e. The molecule has 0 radical (unpaired) electrons. The molecular weight excluding hydrogens is 524 g/mol. The van der Waals surface area contributed by atoms with Gasteiger partial charge in [0.2, 0.25) is 0 Å². The number of hydrogen-bond acceptors (Lipinski definition) is 6. The van der Waals surface area contributed by atoms with Crippen LogP contribution in [-0.4, -0.2) is 76.0 Å². The van der Waals surface area contributed by atoms with Crippen molar-refractivity contribution in [3.8, 4) is 23.7 Å². The van der Waals surface area contributed by atoms with Gasteiger partial charge in [0, 0.05) is 57.8 Å². The first kappa shape index (κ1) is 31.8. The van der Waals surface area contributed by atoms with E-state index in [0.717, 1.165) is 37.1 Å². The maximum atomic E-state index is 12.6. The Balaban J connectivity index is 1.71. The largest absolute Gasteiger partial charge is 0.398 e. The van der Waals surface area contributed by atoms with Crippen molar-refractivity contribution in [3.05, 3.63) is 94.0 Å². The SMILES string of the molecule is CN(C)CCCNC(=O)c1ccc(N)c(C#Cc2cccc(C#Cc3cc(C(=O)NCCCN(C)C)ccc3N)c2)c1. The van der Waals surface area contributed by atoms with Gasteiger partial charge in [0.15, 0.2) is 0 Å². The molecule has 0 saturated carbocycles. The summed E-state index contributed by atoms with van der Waals surface area (Å²) in [4.78, 5) is 29.3. The fourth-order valence-corrected chi connectivity index (χ4v) is 3.96. The van der Waals surface area contributed by atoms with Gasteiger partial charge in [-0.05, 0) is 109 Å². The van der Waals surface area contributed by atoms with E-state index in [1.54, 1.807) is 36.4 Å². The summed E-state index contributed by atoms with van der Waals surface area (Å²) in [5, 5.41) is 5.87. The molecule has 0 aliphatic rings. The molecule has 3 aromatic carbocycles. The molecule has 0 bridgehead atoms. The summed E-state index contributed by atoms with van der Waals surface area (Å²) in [7, 11) is 8.00. The molecule has 0 aromatic heterocycles. The van der Waals surface area contributed by atoms with Crippen LogP contribution < -0.4 is 22.1 Å². The van der Waals surface area contributed by atoms with Crippen molar-refractivity contribution in [2.45, 2.75) is 12.8 Å². The van der Waals surface area contributed by atoms with Crippen LogP contribution in [0.5, 0.6) is 0 Å². The van der Waals surface area contributed by atoms with Crippen molar-refractivity contribution < 1.29 is 9.59 Å². The van der Waals surface area contributed by atoms with Gasteiger partial charge in [-0.2, -0.15) is 0 Å². The van der Waals surface area contributed by atoms with Gasteiger partial charge in [-0.15, -0.1) is 0 Å². The van der Waals surface area contributed by atoms with E-state index in [2.05, 4.69) is 44.1 Å². The molecule has 0 aliphatic carbocycles. The summed E-state index contributed by atoms with van der Waals surface area (Å²) < 4.78 is 0. The lowest BCUT2D eigenvalue weighted by Gasteiger charge is -2.10. The number of benzene rings is 3. The highest BCUT2D eigenvalue weighted by Gasteiger charge is 2.09. The average molecular weight is 565 g/mol. The standard InChI is InChI=1S/C34H40N6O2/c1-39(2)20-6-18-37-33(41)29-14-16-31(35)27(23-29)12-10-25-8-5-9-26(22-25)11-13-28-24-30(15-17-32(28)36)34(42)38-19-7-21-40(3)4/h5,8-9,14-17,22-24H,6-7,18-21,35-36H2,1-4H3,(H,37,41)(H,38,42). The highest BCUT2D eigenvalue weighted by molar-refractivity contribution is 5.95. The van der Waals surface area contributed by atoms with Gasteiger partial charge in [-0.25, -0.2) is 0 Å². The summed E-state index contributed by atoms with van der Waals surface area (Å²) in [6.45, 7) is 2.99. The molecule has 218 valence electrons. The minimum atomic E-state index is -0.153. The number of nitrogens with zero attached hydrogens (tertiary/aromatic N) is 2. The number of amides is 2. The second kappa shape index (κ2) is 15.9. The maximum Gasteiger partial charge on any atom is 0.251 e. The third kappa shape index (κ3) is 10.3. The average Bonchev–Trinajstić information content (AvgIpc) is 2.96. The monoisotopic (exact) mass is 564 g/mol. The lowest BCUT2D eigenvalue weighted by molar-refractivity contribution is 0.0944. The number of nitrogen functional groups attached to an aromatic ring is 2. The Labute approximate surface area is 249 Å². The Morgan fingerprint density at radius 3 is 1.48 bits per heavy atom. The van der Waals surface area contributed by atoms with Crippen molar-refractivity contribution in [3.63, 3.8) is 0 Å². The fraction of sp³-hybridized carbons (Fsp3) is 0.294. The van der Waals surface area contributed by atoms with Gasteiger partial charge >= 0.3 is 0 Å². The van der Waals surface area contributed by atoms with Crippen LogP contribution in [0.2, 0.25) is 0 Å². The Morgan fingerprint density at radius 1 is 0.643 bits per heavy atom. The summed E-state index contributed by atoms with van der Waals surface area (Å²) in [6, 6.07) is 17.7. The number of carbonyl (C=O) groups is 2. The molecule has 0 atom stereocenters. The van der Waals surface area contributed by atoms with Crippen LogP contribution in [-0.2, 0) is 0 Å². The second-order valence-electron chi connectivity index (χ2n) is 10.5. The Kier molecular flexibility index (Phi) is 12.0. The first-order chi connectivity index (χ1) is 20.1. The zero-order chi connectivity index (χ0) is 30.5.